The zero-order valence-corrected chi connectivity index (χ0v) is 15.7. The quantitative estimate of drug-likeness (QED) is 0.225. The molecule has 0 aromatic heterocycles. The van der Waals surface area contributed by atoms with Crippen molar-refractivity contribution in [2.45, 2.75) is 51.3 Å². The van der Waals surface area contributed by atoms with Crippen molar-refractivity contribution in [3.05, 3.63) is 0 Å². The number of hydrogen-bond donors (Lipinski definition) is 6. The van der Waals surface area contributed by atoms with Crippen molar-refractivity contribution in [1.82, 2.24) is 16.0 Å². The minimum absolute atomic E-state index is 0.582. The van der Waals surface area contributed by atoms with Gasteiger partial charge in [-0.1, -0.05) is 0 Å². The second kappa shape index (κ2) is 10.7. The van der Waals surface area contributed by atoms with Gasteiger partial charge in [-0.15, -0.1) is 0 Å². The SMILES string of the molecule is CC(C)(C)OC(=O)NCC(=O)N[C@H](CC(N)=O)C(=O)NC(CC(N)=O)C(=O)O. The largest absolute Gasteiger partial charge is 0.480 e. The molecular formula is C15H25N5O8. The van der Waals surface area contributed by atoms with E-state index in [-0.39, 0.29) is 0 Å². The van der Waals surface area contributed by atoms with Gasteiger partial charge in [0, 0.05) is 0 Å². The number of carbonyl (C=O) groups is 6. The first-order chi connectivity index (χ1) is 12.7. The monoisotopic (exact) mass is 403 g/mol. The molecule has 0 bridgehead atoms. The van der Waals surface area contributed by atoms with E-state index in [1.54, 1.807) is 20.8 Å². The van der Waals surface area contributed by atoms with Crippen LogP contribution in [0.4, 0.5) is 4.79 Å². The average molecular weight is 403 g/mol. The van der Waals surface area contributed by atoms with Crippen LogP contribution in [0.25, 0.3) is 0 Å². The highest BCUT2D eigenvalue weighted by molar-refractivity contribution is 5.95. The fourth-order valence-electron chi connectivity index (χ4n) is 1.80. The molecule has 1 unspecified atom stereocenters. The number of carbonyl (C=O) groups excluding carboxylic acids is 5. The molecule has 8 N–H and O–H groups in total. The van der Waals surface area contributed by atoms with Crippen LogP contribution < -0.4 is 27.4 Å². The molecule has 158 valence electrons. The number of nitrogens with two attached hydrogens (primary N) is 2. The molecule has 28 heavy (non-hydrogen) atoms. The van der Waals surface area contributed by atoms with Crippen LogP contribution >= 0.6 is 0 Å². The van der Waals surface area contributed by atoms with Gasteiger partial charge in [-0.25, -0.2) is 9.59 Å². The number of nitrogens with one attached hydrogen (secondary N) is 3. The number of amides is 5. The van der Waals surface area contributed by atoms with Gasteiger partial charge >= 0.3 is 12.1 Å². The molecule has 0 fully saturated rings. The van der Waals surface area contributed by atoms with E-state index in [2.05, 4.69) is 10.6 Å². The normalized spacial score (nSPS) is 12.8. The molecule has 2 atom stereocenters. The molecule has 0 radical (unpaired) electrons. The molecule has 0 saturated heterocycles. The highest BCUT2D eigenvalue weighted by Crippen LogP contribution is 2.06. The third-order valence-corrected chi connectivity index (χ3v) is 2.87. The number of hydrogen-bond acceptors (Lipinski definition) is 7. The summed E-state index contributed by atoms with van der Waals surface area (Å²) < 4.78 is 4.93. The molecule has 0 aromatic rings. The van der Waals surface area contributed by atoms with Crippen LogP contribution in [0.2, 0.25) is 0 Å². The fourth-order valence-corrected chi connectivity index (χ4v) is 1.80. The van der Waals surface area contributed by atoms with Crippen molar-refractivity contribution < 1.29 is 38.6 Å². The lowest BCUT2D eigenvalue weighted by Crippen LogP contribution is -2.54. The summed E-state index contributed by atoms with van der Waals surface area (Å²) in [6.07, 6.45) is -2.23. The van der Waals surface area contributed by atoms with Gasteiger partial charge in [0.25, 0.3) is 0 Å². The maximum Gasteiger partial charge on any atom is 0.408 e. The predicted molar refractivity (Wildman–Crippen MR) is 93.4 cm³/mol. The predicted octanol–water partition coefficient (Wildman–Crippen LogP) is -2.68. The minimum Gasteiger partial charge on any atom is -0.480 e. The summed E-state index contributed by atoms with van der Waals surface area (Å²) in [4.78, 5) is 68.7. The van der Waals surface area contributed by atoms with Gasteiger partial charge in [-0.2, -0.15) is 0 Å². The molecule has 0 aliphatic carbocycles. The summed E-state index contributed by atoms with van der Waals surface area (Å²) in [5.74, 6) is -5.41. The highest BCUT2D eigenvalue weighted by atomic mass is 16.6. The van der Waals surface area contributed by atoms with E-state index >= 15 is 0 Å². The van der Waals surface area contributed by atoms with Gasteiger partial charge in [-0.3, -0.25) is 19.2 Å². The summed E-state index contributed by atoms with van der Waals surface area (Å²) >= 11 is 0. The molecule has 13 nitrogen and oxygen atoms in total. The maximum absolute atomic E-state index is 12.2. The summed E-state index contributed by atoms with van der Waals surface area (Å²) in [5.41, 5.74) is 9.14. The van der Waals surface area contributed by atoms with Crippen LogP contribution in [-0.4, -0.2) is 65.0 Å². The van der Waals surface area contributed by atoms with Crippen molar-refractivity contribution >= 4 is 35.7 Å². The van der Waals surface area contributed by atoms with Crippen LogP contribution in [0, 0.1) is 0 Å². The Balaban J connectivity index is 4.92. The number of aliphatic carboxylic acids is 1. The van der Waals surface area contributed by atoms with Crippen molar-refractivity contribution in [3.8, 4) is 0 Å². The van der Waals surface area contributed by atoms with Crippen LogP contribution in [0.15, 0.2) is 0 Å². The van der Waals surface area contributed by atoms with Gasteiger partial charge in [0.1, 0.15) is 24.2 Å². The van der Waals surface area contributed by atoms with Crippen molar-refractivity contribution in [2.75, 3.05) is 6.54 Å². The van der Waals surface area contributed by atoms with E-state index < -0.39 is 72.8 Å². The summed E-state index contributed by atoms with van der Waals surface area (Å²) in [6.45, 7) is 4.27. The Morgan fingerprint density at radius 1 is 0.929 bits per heavy atom. The van der Waals surface area contributed by atoms with Crippen molar-refractivity contribution in [2.24, 2.45) is 11.5 Å². The van der Waals surface area contributed by atoms with Gasteiger partial charge in [0.15, 0.2) is 0 Å². The average Bonchev–Trinajstić information content (AvgIpc) is 2.48. The molecule has 0 saturated carbocycles. The second-order valence-electron chi connectivity index (χ2n) is 6.72. The lowest BCUT2D eigenvalue weighted by atomic mass is 10.1. The highest BCUT2D eigenvalue weighted by Gasteiger charge is 2.29. The Hall–Kier alpha value is -3.38. The van der Waals surface area contributed by atoms with E-state index in [1.165, 1.54) is 0 Å². The number of alkyl carbamates (subject to hydrolysis) is 1. The van der Waals surface area contributed by atoms with E-state index in [1.807, 2.05) is 5.32 Å². The molecule has 13 heteroatoms. The molecule has 0 aliphatic heterocycles. The topological polar surface area (TPSA) is 220 Å². The Bertz CT molecular complexity index is 643. The molecule has 0 rings (SSSR count). The van der Waals surface area contributed by atoms with Crippen LogP contribution in [-0.2, 0) is 28.7 Å². The molecule has 0 aromatic carbocycles. The Morgan fingerprint density at radius 3 is 1.86 bits per heavy atom. The van der Waals surface area contributed by atoms with Gasteiger partial charge < -0.3 is 37.3 Å². The molecule has 5 amide bonds. The number of carboxylic acid groups (broad SMARTS) is 1. The molecule has 0 aliphatic rings. The van der Waals surface area contributed by atoms with Crippen LogP contribution in [0.5, 0.6) is 0 Å². The fraction of sp³-hybridized carbons (Fsp3) is 0.600. The van der Waals surface area contributed by atoms with Crippen LogP contribution in [0.3, 0.4) is 0 Å². The number of ether oxygens (including phenoxy) is 1. The second-order valence-corrected chi connectivity index (χ2v) is 6.72. The Morgan fingerprint density at radius 2 is 1.43 bits per heavy atom. The minimum atomic E-state index is -1.66. The van der Waals surface area contributed by atoms with Crippen molar-refractivity contribution in [3.63, 3.8) is 0 Å². The molecule has 0 heterocycles. The van der Waals surface area contributed by atoms with E-state index in [0.717, 1.165) is 0 Å². The summed E-state index contributed by atoms with van der Waals surface area (Å²) in [6, 6.07) is -3.18. The van der Waals surface area contributed by atoms with Gasteiger partial charge in [0.05, 0.1) is 12.8 Å². The lowest BCUT2D eigenvalue weighted by molar-refractivity contribution is -0.143. The first-order valence-corrected chi connectivity index (χ1v) is 8.07. The zero-order chi connectivity index (χ0) is 22.1. The molecular weight excluding hydrogens is 378 g/mol. The van der Waals surface area contributed by atoms with Crippen molar-refractivity contribution in [1.29, 1.82) is 0 Å². The van der Waals surface area contributed by atoms with E-state index in [9.17, 15) is 28.8 Å². The number of primary amides is 2. The number of carboxylic acids is 1. The van der Waals surface area contributed by atoms with Gasteiger partial charge in [0.2, 0.25) is 23.6 Å². The number of rotatable bonds is 10. The Kier molecular flexibility index (Phi) is 9.40. The van der Waals surface area contributed by atoms with E-state index in [4.69, 9.17) is 21.3 Å². The Labute approximate surface area is 160 Å². The third-order valence-electron chi connectivity index (χ3n) is 2.87. The summed E-state index contributed by atoms with van der Waals surface area (Å²) in [5, 5.41) is 15.3. The standard InChI is InChI=1S/C15H25N5O8/c1-15(2,3)28-14(27)18-6-11(23)19-7(4-9(16)21)12(24)20-8(13(25)26)5-10(17)22/h7-8H,4-6H2,1-3H3,(H2,16,21)(H2,17,22)(H,18,27)(H,19,23)(H,20,24)(H,25,26)/t7-,8?/m1/s1. The first-order valence-electron chi connectivity index (χ1n) is 8.07. The maximum atomic E-state index is 12.2. The van der Waals surface area contributed by atoms with Crippen LogP contribution in [0.1, 0.15) is 33.6 Å². The van der Waals surface area contributed by atoms with Gasteiger partial charge in [-0.05, 0) is 20.8 Å². The first kappa shape index (κ1) is 24.6. The van der Waals surface area contributed by atoms with E-state index in [0.29, 0.717) is 0 Å². The smallest absolute Gasteiger partial charge is 0.408 e. The zero-order valence-electron chi connectivity index (χ0n) is 15.7. The summed E-state index contributed by atoms with van der Waals surface area (Å²) in [7, 11) is 0. The molecule has 0 spiro atoms. The third kappa shape index (κ3) is 11.3. The lowest BCUT2D eigenvalue weighted by Gasteiger charge is -2.21.